The second-order valence-corrected chi connectivity index (χ2v) is 7.37. The zero-order valence-corrected chi connectivity index (χ0v) is 14.5. The molecule has 1 aromatic rings. The maximum absolute atomic E-state index is 11.6. The lowest BCUT2D eigenvalue weighted by Gasteiger charge is -2.19. The second kappa shape index (κ2) is 8.32. The first-order chi connectivity index (χ1) is 9.81. The molecule has 0 aliphatic carbocycles. The van der Waals surface area contributed by atoms with Crippen molar-refractivity contribution in [3.63, 3.8) is 0 Å². The lowest BCUT2D eigenvalue weighted by molar-refractivity contribution is 0.0528. The highest BCUT2D eigenvalue weighted by atomic mass is 32.2. The monoisotopic (exact) mass is 313 g/mol. The molecule has 6 heteroatoms. The summed E-state index contributed by atoms with van der Waals surface area (Å²) in [5, 5.41) is 3.41. The standard InChI is InChI=1S/C15H27N3O2S/c1-12(21-5)7-9-18-11-16-10-13(18)6-8-17-14(19)20-15(2,3)4/h10-12H,6-9H2,1-5H3,(H,17,19). The molecule has 1 N–H and O–H groups in total. The summed E-state index contributed by atoms with van der Waals surface area (Å²) in [4.78, 5) is 15.8. The van der Waals surface area contributed by atoms with Crippen LogP contribution >= 0.6 is 11.8 Å². The van der Waals surface area contributed by atoms with Gasteiger partial charge in [-0.15, -0.1) is 0 Å². The minimum Gasteiger partial charge on any atom is -0.444 e. The van der Waals surface area contributed by atoms with Gasteiger partial charge in [0.1, 0.15) is 5.60 Å². The molecule has 0 fully saturated rings. The Morgan fingerprint density at radius 3 is 2.86 bits per heavy atom. The van der Waals surface area contributed by atoms with E-state index in [1.165, 1.54) is 0 Å². The number of carbonyl (C=O) groups is 1. The Morgan fingerprint density at radius 2 is 2.24 bits per heavy atom. The number of alkyl carbamates (subject to hydrolysis) is 1. The van der Waals surface area contributed by atoms with Crippen LogP contribution in [0.25, 0.3) is 0 Å². The smallest absolute Gasteiger partial charge is 0.407 e. The van der Waals surface area contributed by atoms with Crippen LogP contribution < -0.4 is 5.32 Å². The highest BCUT2D eigenvalue weighted by molar-refractivity contribution is 7.99. The summed E-state index contributed by atoms with van der Waals surface area (Å²) in [6, 6.07) is 0. The zero-order chi connectivity index (χ0) is 15.9. The van der Waals surface area contributed by atoms with E-state index in [2.05, 4.69) is 28.0 Å². The number of carbonyl (C=O) groups excluding carboxylic acids is 1. The fourth-order valence-corrected chi connectivity index (χ4v) is 2.14. The third-order valence-corrected chi connectivity index (χ3v) is 4.07. The van der Waals surface area contributed by atoms with Crippen LogP contribution in [0.3, 0.4) is 0 Å². The molecule has 1 amide bonds. The Hall–Kier alpha value is -1.17. The number of hydrogen-bond donors (Lipinski definition) is 1. The SMILES string of the molecule is CSC(C)CCn1cncc1CCNC(=O)OC(C)(C)C. The topological polar surface area (TPSA) is 56.2 Å². The van der Waals surface area contributed by atoms with Crippen molar-refractivity contribution in [2.45, 2.75) is 57.9 Å². The average molecular weight is 313 g/mol. The summed E-state index contributed by atoms with van der Waals surface area (Å²) in [5.41, 5.74) is 0.680. The molecule has 1 atom stereocenters. The van der Waals surface area contributed by atoms with E-state index in [0.717, 1.165) is 25.1 Å². The number of rotatable bonds is 7. The predicted octanol–water partition coefficient (Wildman–Crippen LogP) is 3.09. The maximum atomic E-state index is 11.6. The largest absolute Gasteiger partial charge is 0.444 e. The summed E-state index contributed by atoms with van der Waals surface area (Å²) in [6.45, 7) is 9.31. The van der Waals surface area contributed by atoms with E-state index in [1.54, 1.807) is 0 Å². The number of imidazole rings is 1. The molecule has 0 radical (unpaired) electrons. The molecule has 1 unspecified atom stereocenters. The Labute approximate surface area is 131 Å². The molecule has 120 valence electrons. The predicted molar refractivity (Wildman–Crippen MR) is 87.8 cm³/mol. The summed E-state index contributed by atoms with van der Waals surface area (Å²) in [5.74, 6) is 0. The van der Waals surface area contributed by atoms with Gasteiger partial charge in [0.05, 0.1) is 6.33 Å². The minimum atomic E-state index is -0.459. The van der Waals surface area contributed by atoms with Crippen LogP contribution in [0.15, 0.2) is 12.5 Å². The number of thioether (sulfide) groups is 1. The first-order valence-electron chi connectivity index (χ1n) is 7.30. The highest BCUT2D eigenvalue weighted by Gasteiger charge is 2.15. The van der Waals surface area contributed by atoms with E-state index in [-0.39, 0.29) is 6.09 Å². The Balaban J connectivity index is 2.36. The second-order valence-electron chi connectivity index (χ2n) is 6.09. The van der Waals surface area contributed by atoms with Gasteiger partial charge in [0, 0.05) is 36.7 Å². The quantitative estimate of drug-likeness (QED) is 0.840. The third-order valence-electron chi connectivity index (χ3n) is 3.03. The van der Waals surface area contributed by atoms with Crippen LogP contribution in [0.1, 0.15) is 39.8 Å². The van der Waals surface area contributed by atoms with Gasteiger partial charge in [-0.05, 0) is 33.4 Å². The van der Waals surface area contributed by atoms with Crippen LogP contribution in [0.4, 0.5) is 4.79 Å². The summed E-state index contributed by atoms with van der Waals surface area (Å²) in [7, 11) is 0. The summed E-state index contributed by atoms with van der Waals surface area (Å²) in [6.07, 6.45) is 7.35. The molecule has 0 aliphatic heterocycles. The van der Waals surface area contributed by atoms with Crippen molar-refractivity contribution in [3.05, 3.63) is 18.2 Å². The van der Waals surface area contributed by atoms with E-state index in [4.69, 9.17) is 4.74 Å². The van der Waals surface area contributed by atoms with Crippen molar-refractivity contribution in [3.8, 4) is 0 Å². The summed E-state index contributed by atoms with van der Waals surface area (Å²) >= 11 is 1.87. The molecular formula is C15H27N3O2S. The van der Waals surface area contributed by atoms with Crippen LogP contribution in [0.2, 0.25) is 0 Å². The lowest BCUT2D eigenvalue weighted by atomic mass is 10.2. The number of aromatic nitrogens is 2. The molecule has 0 saturated heterocycles. The molecule has 1 aromatic heterocycles. The third kappa shape index (κ3) is 7.41. The Kier molecular flexibility index (Phi) is 7.08. The van der Waals surface area contributed by atoms with E-state index >= 15 is 0 Å². The van der Waals surface area contributed by atoms with Gasteiger partial charge in [-0.25, -0.2) is 9.78 Å². The van der Waals surface area contributed by atoms with E-state index in [1.807, 2.05) is 45.1 Å². The Morgan fingerprint density at radius 1 is 1.52 bits per heavy atom. The maximum Gasteiger partial charge on any atom is 0.407 e. The van der Waals surface area contributed by atoms with Gasteiger partial charge in [-0.1, -0.05) is 6.92 Å². The normalized spacial score (nSPS) is 13.0. The number of nitrogens with zero attached hydrogens (tertiary/aromatic N) is 2. The van der Waals surface area contributed by atoms with E-state index in [9.17, 15) is 4.79 Å². The lowest BCUT2D eigenvalue weighted by Crippen LogP contribution is -2.33. The number of nitrogens with one attached hydrogen (secondary N) is 1. The van der Waals surface area contributed by atoms with Crippen molar-refractivity contribution < 1.29 is 9.53 Å². The Bertz CT molecular complexity index is 440. The molecule has 0 aliphatic rings. The van der Waals surface area contributed by atoms with Crippen molar-refractivity contribution in [2.75, 3.05) is 12.8 Å². The number of hydrogen-bond acceptors (Lipinski definition) is 4. The number of aryl methyl sites for hydroxylation is 1. The highest BCUT2D eigenvalue weighted by Crippen LogP contribution is 2.12. The molecule has 1 heterocycles. The zero-order valence-electron chi connectivity index (χ0n) is 13.7. The summed E-state index contributed by atoms with van der Waals surface area (Å²) < 4.78 is 7.36. The van der Waals surface area contributed by atoms with E-state index < -0.39 is 5.60 Å². The molecule has 5 nitrogen and oxygen atoms in total. The van der Waals surface area contributed by atoms with Gasteiger partial charge in [0.2, 0.25) is 0 Å². The molecule has 21 heavy (non-hydrogen) atoms. The van der Waals surface area contributed by atoms with Gasteiger partial charge < -0.3 is 14.6 Å². The van der Waals surface area contributed by atoms with E-state index in [0.29, 0.717) is 11.8 Å². The van der Waals surface area contributed by atoms with Gasteiger partial charge in [-0.3, -0.25) is 0 Å². The molecule has 0 saturated carbocycles. The molecule has 1 rings (SSSR count). The first-order valence-corrected chi connectivity index (χ1v) is 8.59. The van der Waals surface area contributed by atoms with Gasteiger partial charge in [0.25, 0.3) is 0 Å². The average Bonchev–Trinajstić information content (AvgIpc) is 2.81. The molecule has 0 bridgehead atoms. The minimum absolute atomic E-state index is 0.371. The first kappa shape index (κ1) is 17.9. The number of amides is 1. The van der Waals surface area contributed by atoms with Gasteiger partial charge in [-0.2, -0.15) is 11.8 Å². The van der Waals surface area contributed by atoms with Crippen LogP contribution in [0.5, 0.6) is 0 Å². The van der Waals surface area contributed by atoms with Crippen LogP contribution in [0, 0.1) is 0 Å². The van der Waals surface area contributed by atoms with Crippen LogP contribution in [-0.4, -0.2) is 39.3 Å². The van der Waals surface area contributed by atoms with Crippen molar-refractivity contribution in [1.29, 1.82) is 0 Å². The van der Waals surface area contributed by atoms with Crippen LogP contribution in [-0.2, 0) is 17.7 Å². The van der Waals surface area contributed by atoms with Gasteiger partial charge >= 0.3 is 6.09 Å². The molecule has 0 aromatic carbocycles. The molecule has 0 spiro atoms. The van der Waals surface area contributed by atoms with Crippen molar-refractivity contribution in [2.24, 2.45) is 0 Å². The number of ether oxygens (including phenoxy) is 1. The van der Waals surface area contributed by atoms with Crippen molar-refractivity contribution >= 4 is 17.9 Å². The fraction of sp³-hybridized carbons (Fsp3) is 0.733. The fourth-order valence-electron chi connectivity index (χ4n) is 1.80. The van der Waals surface area contributed by atoms with Gasteiger partial charge in [0.15, 0.2) is 0 Å². The van der Waals surface area contributed by atoms with Crippen molar-refractivity contribution in [1.82, 2.24) is 14.9 Å². The molecular weight excluding hydrogens is 286 g/mol.